The van der Waals surface area contributed by atoms with Crippen LogP contribution in [0.5, 0.6) is 0 Å². The highest BCUT2D eigenvalue weighted by molar-refractivity contribution is 5.98. The SMILES string of the molecule is C[C@@H](CC(=O)c1cccc(F)c1)C(=O)O[C@H]1CCOC1. The molecule has 1 aliphatic heterocycles. The zero-order chi connectivity index (χ0) is 14.5. The first-order valence-corrected chi connectivity index (χ1v) is 6.63. The summed E-state index contributed by atoms with van der Waals surface area (Å²) in [6, 6.07) is 5.45. The number of halogens is 1. The molecule has 1 heterocycles. The first-order valence-electron chi connectivity index (χ1n) is 6.63. The van der Waals surface area contributed by atoms with Crippen molar-refractivity contribution in [3.05, 3.63) is 35.6 Å². The Balaban J connectivity index is 1.88. The lowest BCUT2D eigenvalue weighted by atomic mass is 10.00. The van der Waals surface area contributed by atoms with Crippen LogP contribution in [-0.2, 0) is 14.3 Å². The van der Waals surface area contributed by atoms with E-state index in [0.717, 1.165) is 0 Å². The van der Waals surface area contributed by atoms with Crippen LogP contribution < -0.4 is 0 Å². The molecule has 5 heteroatoms. The third-order valence-corrected chi connectivity index (χ3v) is 3.21. The predicted molar refractivity (Wildman–Crippen MR) is 69.8 cm³/mol. The summed E-state index contributed by atoms with van der Waals surface area (Å²) in [5, 5.41) is 0. The highest BCUT2D eigenvalue weighted by Gasteiger charge is 2.25. The van der Waals surface area contributed by atoms with Crippen LogP contribution in [0.1, 0.15) is 30.1 Å². The third kappa shape index (κ3) is 3.87. The van der Waals surface area contributed by atoms with Gasteiger partial charge in [-0.1, -0.05) is 19.1 Å². The first-order chi connectivity index (χ1) is 9.56. The van der Waals surface area contributed by atoms with Crippen molar-refractivity contribution in [1.29, 1.82) is 0 Å². The molecule has 0 spiro atoms. The number of ketones is 1. The largest absolute Gasteiger partial charge is 0.460 e. The molecule has 0 amide bonds. The second kappa shape index (κ2) is 6.61. The monoisotopic (exact) mass is 280 g/mol. The fraction of sp³-hybridized carbons (Fsp3) is 0.467. The van der Waals surface area contributed by atoms with E-state index in [9.17, 15) is 14.0 Å². The molecule has 2 atom stereocenters. The molecule has 1 aliphatic rings. The van der Waals surface area contributed by atoms with E-state index in [0.29, 0.717) is 19.6 Å². The maximum atomic E-state index is 13.0. The predicted octanol–water partition coefficient (Wildman–Crippen LogP) is 2.37. The Morgan fingerprint density at radius 3 is 2.95 bits per heavy atom. The van der Waals surface area contributed by atoms with Gasteiger partial charge in [0.05, 0.1) is 19.1 Å². The number of carbonyl (C=O) groups excluding carboxylic acids is 2. The van der Waals surface area contributed by atoms with Crippen LogP contribution in [0, 0.1) is 11.7 Å². The van der Waals surface area contributed by atoms with E-state index in [1.54, 1.807) is 6.92 Å². The molecule has 0 aliphatic carbocycles. The van der Waals surface area contributed by atoms with Crippen molar-refractivity contribution in [2.75, 3.05) is 13.2 Å². The fourth-order valence-electron chi connectivity index (χ4n) is 2.03. The van der Waals surface area contributed by atoms with Crippen molar-refractivity contribution in [3.8, 4) is 0 Å². The number of benzene rings is 1. The molecule has 20 heavy (non-hydrogen) atoms. The van der Waals surface area contributed by atoms with Gasteiger partial charge in [0.2, 0.25) is 0 Å². The average Bonchev–Trinajstić information content (AvgIpc) is 2.91. The van der Waals surface area contributed by atoms with Crippen LogP contribution in [0.3, 0.4) is 0 Å². The Hall–Kier alpha value is -1.75. The highest BCUT2D eigenvalue weighted by atomic mass is 19.1. The summed E-state index contributed by atoms with van der Waals surface area (Å²) >= 11 is 0. The van der Waals surface area contributed by atoms with Gasteiger partial charge in [0, 0.05) is 18.4 Å². The minimum absolute atomic E-state index is 0.00979. The van der Waals surface area contributed by atoms with Gasteiger partial charge in [0.1, 0.15) is 11.9 Å². The number of hydrogen-bond acceptors (Lipinski definition) is 4. The number of rotatable bonds is 5. The lowest BCUT2D eigenvalue weighted by Crippen LogP contribution is -2.24. The van der Waals surface area contributed by atoms with Crippen LogP contribution in [0.25, 0.3) is 0 Å². The molecular weight excluding hydrogens is 263 g/mol. The molecule has 1 aromatic rings. The molecule has 4 nitrogen and oxygen atoms in total. The van der Waals surface area contributed by atoms with Crippen molar-refractivity contribution >= 4 is 11.8 Å². The molecular formula is C15H17FO4. The molecule has 0 saturated carbocycles. The maximum Gasteiger partial charge on any atom is 0.309 e. The van der Waals surface area contributed by atoms with Crippen molar-refractivity contribution in [1.82, 2.24) is 0 Å². The smallest absolute Gasteiger partial charge is 0.309 e. The normalized spacial score (nSPS) is 19.6. The molecule has 0 aromatic heterocycles. The van der Waals surface area contributed by atoms with Gasteiger partial charge in [0.25, 0.3) is 0 Å². The summed E-state index contributed by atoms with van der Waals surface area (Å²) in [5.74, 6) is -1.69. The molecule has 0 N–H and O–H groups in total. The second-order valence-electron chi connectivity index (χ2n) is 4.96. The van der Waals surface area contributed by atoms with Crippen LogP contribution in [0.15, 0.2) is 24.3 Å². The van der Waals surface area contributed by atoms with Crippen LogP contribution >= 0.6 is 0 Å². The van der Waals surface area contributed by atoms with Gasteiger partial charge in [-0.25, -0.2) is 4.39 Å². The minimum Gasteiger partial charge on any atom is -0.460 e. The van der Waals surface area contributed by atoms with E-state index in [4.69, 9.17) is 9.47 Å². The summed E-state index contributed by atoms with van der Waals surface area (Å²) < 4.78 is 23.4. The fourth-order valence-corrected chi connectivity index (χ4v) is 2.03. The maximum absolute atomic E-state index is 13.0. The van der Waals surface area contributed by atoms with E-state index < -0.39 is 17.7 Å². The summed E-state index contributed by atoms with van der Waals surface area (Å²) in [5.41, 5.74) is 0.272. The Morgan fingerprint density at radius 1 is 1.50 bits per heavy atom. The van der Waals surface area contributed by atoms with E-state index >= 15 is 0 Å². The zero-order valence-corrected chi connectivity index (χ0v) is 11.3. The Kier molecular flexibility index (Phi) is 4.84. The number of esters is 1. The number of carbonyl (C=O) groups is 2. The van der Waals surface area contributed by atoms with Crippen molar-refractivity contribution in [2.24, 2.45) is 5.92 Å². The molecule has 1 aromatic carbocycles. The minimum atomic E-state index is -0.550. The Labute approximate surface area is 116 Å². The van der Waals surface area contributed by atoms with Crippen molar-refractivity contribution in [3.63, 3.8) is 0 Å². The number of Topliss-reactive ketones (excluding diaryl/α,β-unsaturated/α-hetero) is 1. The van der Waals surface area contributed by atoms with Gasteiger partial charge < -0.3 is 9.47 Å². The zero-order valence-electron chi connectivity index (χ0n) is 11.3. The lowest BCUT2D eigenvalue weighted by Gasteiger charge is -2.14. The van der Waals surface area contributed by atoms with E-state index in [1.807, 2.05) is 0 Å². The summed E-state index contributed by atoms with van der Waals surface area (Å²) in [6.07, 6.45) is 0.487. The van der Waals surface area contributed by atoms with Crippen molar-refractivity contribution < 1.29 is 23.5 Å². The van der Waals surface area contributed by atoms with Gasteiger partial charge in [-0.15, -0.1) is 0 Å². The van der Waals surface area contributed by atoms with Gasteiger partial charge in [-0.2, -0.15) is 0 Å². The summed E-state index contributed by atoms with van der Waals surface area (Å²) in [6.45, 7) is 2.64. The Bertz CT molecular complexity index is 494. The Morgan fingerprint density at radius 2 is 2.30 bits per heavy atom. The van der Waals surface area contributed by atoms with Gasteiger partial charge in [-0.3, -0.25) is 9.59 Å². The molecule has 2 rings (SSSR count). The van der Waals surface area contributed by atoms with Crippen LogP contribution in [-0.4, -0.2) is 31.1 Å². The molecule has 0 bridgehead atoms. The highest BCUT2D eigenvalue weighted by Crippen LogP contribution is 2.16. The third-order valence-electron chi connectivity index (χ3n) is 3.21. The molecule has 0 unspecified atom stereocenters. The van der Waals surface area contributed by atoms with E-state index in [-0.39, 0.29) is 23.9 Å². The van der Waals surface area contributed by atoms with E-state index in [2.05, 4.69) is 0 Å². The van der Waals surface area contributed by atoms with Gasteiger partial charge >= 0.3 is 5.97 Å². The first kappa shape index (κ1) is 14.7. The molecule has 0 radical (unpaired) electrons. The lowest BCUT2D eigenvalue weighted by molar-refractivity contribution is -0.153. The topological polar surface area (TPSA) is 52.6 Å². The molecule has 1 fully saturated rings. The van der Waals surface area contributed by atoms with E-state index in [1.165, 1.54) is 24.3 Å². The molecule has 1 saturated heterocycles. The second-order valence-corrected chi connectivity index (χ2v) is 4.96. The van der Waals surface area contributed by atoms with Crippen molar-refractivity contribution in [2.45, 2.75) is 25.9 Å². The molecule has 108 valence electrons. The standard InChI is InChI=1S/C15H17FO4/c1-10(15(18)20-13-5-6-19-9-13)7-14(17)11-3-2-4-12(16)8-11/h2-4,8,10,13H,5-7,9H2,1H3/t10-,13-/m0/s1. The number of ether oxygens (including phenoxy) is 2. The average molecular weight is 280 g/mol. The van der Waals surface area contributed by atoms with Gasteiger partial charge in [-0.05, 0) is 12.1 Å². The van der Waals surface area contributed by atoms with Crippen LogP contribution in [0.4, 0.5) is 4.39 Å². The van der Waals surface area contributed by atoms with Crippen LogP contribution in [0.2, 0.25) is 0 Å². The number of hydrogen-bond donors (Lipinski definition) is 0. The summed E-state index contributed by atoms with van der Waals surface area (Å²) in [4.78, 5) is 23.8. The quantitative estimate of drug-likeness (QED) is 0.614. The van der Waals surface area contributed by atoms with Gasteiger partial charge in [0.15, 0.2) is 5.78 Å². The summed E-state index contributed by atoms with van der Waals surface area (Å²) in [7, 11) is 0.